The van der Waals surface area contributed by atoms with Crippen molar-refractivity contribution in [2.75, 3.05) is 45.4 Å². The number of rotatable bonds is 14. The summed E-state index contributed by atoms with van der Waals surface area (Å²) < 4.78 is 34.4. The predicted molar refractivity (Wildman–Crippen MR) is 203 cm³/mol. The number of hydrogen-bond donors (Lipinski definition) is 2. The van der Waals surface area contributed by atoms with Gasteiger partial charge in [-0.05, 0) is 115 Å². The summed E-state index contributed by atoms with van der Waals surface area (Å²) in [4.78, 5) is 50.1. The SMILES string of the molecule is CCC(C=O)CCCC(CF)NC(=O)OC(C)(C)C.CN1CCC(C2CCCCC2)C1C(=O)Nc1ccc2oc(C(=O)OCC3CCOCC3)cc2c1. The van der Waals surface area contributed by atoms with Crippen LogP contribution in [0.4, 0.5) is 14.9 Å². The van der Waals surface area contributed by atoms with Gasteiger partial charge in [-0.15, -0.1) is 0 Å². The van der Waals surface area contributed by atoms with E-state index in [0.29, 0.717) is 42.8 Å². The average molecular weight is 744 g/mol. The van der Waals surface area contributed by atoms with Gasteiger partial charge in [0.05, 0.1) is 18.7 Å². The fourth-order valence-corrected chi connectivity index (χ4v) is 7.70. The van der Waals surface area contributed by atoms with Crippen LogP contribution in [-0.2, 0) is 23.8 Å². The van der Waals surface area contributed by atoms with Gasteiger partial charge >= 0.3 is 12.1 Å². The zero-order chi connectivity index (χ0) is 38.4. The van der Waals surface area contributed by atoms with E-state index in [1.54, 1.807) is 32.9 Å². The Balaban J connectivity index is 0.000000283. The van der Waals surface area contributed by atoms with Crippen LogP contribution in [0.2, 0.25) is 0 Å². The number of esters is 1. The van der Waals surface area contributed by atoms with Crippen LogP contribution >= 0.6 is 0 Å². The number of furan rings is 1. The van der Waals surface area contributed by atoms with E-state index in [-0.39, 0.29) is 23.6 Å². The summed E-state index contributed by atoms with van der Waals surface area (Å²) in [5.74, 6) is 1.27. The number of carbonyl (C=O) groups excluding carboxylic acids is 4. The molecule has 2 aliphatic heterocycles. The van der Waals surface area contributed by atoms with Crippen LogP contribution in [0.1, 0.15) is 115 Å². The minimum Gasteiger partial charge on any atom is -0.460 e. The number of nitrogens with zero attached hydrogens (tertiary/aromatic N) is 1. The number of amides is 2. The molecule has 1 aliphatic carbocycles. The van der Waals surface area contributed by atoms with Gasteiger partial charge in [-0.3, -0.25) is 9.69 Å². The predicted octanol–water partition coefficient (Wildman–Crippen LogP) is 8.10. The summed E-state index contributed by atoms with van der Waals surface area (Å²) in [6.45, 7) is 9.39. The van der Waals surface area contributed by atoms with E-state index < -0.39 is 30.4 Å². The Morgan fingerprint density at radius 2 is 1.77 bits per heavy atom. The molecule has 5 rings (SSSR count). The van der Waals surface area contributed by atoms with Crippen LogP contribution in [0.5, 0.6) is 0 Å². The van der Waals surface area contributed by atoms with Crippen molar-refractivity contribution in [3.05, 3.63) is 30.0 Å². The van der Waals surface area contributed by atoms with Crippen molar-refractivity contribution >= 4 is 40.9 Å². The quantitative estimate of drug-likeness (QED) is 0.145. The molecule has 0 spiro atoms. The van der Waals surface area contributed by atoms with Gasteiger partial charge in [-0.25, -0.2) is 14.0 Å². The number of benzene rings is 1. The van der Waals surface area contributed by atoms with Gasteiger partial charge in [0.15, 0.2) is 0 Å². The molecule has 1 aromatic heterocycles. The van der Waals surface area contributed by atoms with Gasteiger partial charge in [0, 0.05) is 30.2 Å². The maximum atomic E-state index is 13.3. The average Bonchev–Trinajstić information content (AvgIpc) is 3.75. The lowest BCUT2D eigenvalue weighted by atomic mass is 9.76. The number of nitrogens with one attached hydrogen (secondary N) is 2. The zero-order valence-electron chi connectivity index (χ0n) is 32.5. The summed E-state index contributed by atoms with van der Waals surface area (Å²) in [6.07, 6.45) is 12.4. The molecular formula is C41H62FN3O8. The van der Waals surface area contributed by atoms with Gasteiger partial charge in [-0.2, -0.15) is 0 Å². The number of ether oxygens (including phenoxy) is 3. The fourth-order valence-electron chi connectivity index (χ4n) is 7.70. The molecule has 53 heavy (non-hydrogen) atoms. The first-order chi connectivity index (χ1) is 25.4. The smallest absolute Gasteiger partial charge is 0.407 e. The van der Waals surface area contributed by atoms with Crippen molar-refractivity contribution in [2.24, 2.45) is 23.7 Å². The van der Waals surface area contributed by atoms with Gasteiger partial charge < -0.3 is 34.1 Å². The maximum absolute atomic E-state index is 13.3. The molecule has 12 heteroatoms. The van der Waals surface area contributed by atoms with Crippen LogP contribution in [0, 0.1) is 23.7 Å². The third kappa shape index (κ3) is 13.4. The summed E-state index contributed by atoms with van der Waals surface area (Å²) >= 11 is 0. The Kier molecular flexibility index (Phi) is 16.6. The molecule has 1 saturated carbocycles. The molecule has 3 heterocycles. The second kappa shape index (κ2) is 20.8. The van der Waals surface area contributed by atoms with E-state index in [1.807, 2.05) is 19.1 Å². The number of likely N-dealkylation sites (tertiary alicyclic amines) is 1. The van der Waals surface area contributed by atoms with E-state index in [1.165, 1.54) is 32.1 Å². The summed E-state index contributed by atoms with van der Waals surface area (Å²) in [7, 11) is 2.06. The standard InChI is InChI=1S/C27H36N2O5.C14H26FNO3/c1-29-12-9-22(19-5-3-2-4-6-19)25(29)26(30)28-21-7-8-23-20(15-21)16-24(34-23)27(31)33-17-18-10-13-32-14-11-18;1-5-11(10-17)7-6-8-12(9-15)16-13(18)19-14(2,3)4/h7-8,15-16,18-19,22,25H,2-6,9-14,17H2,1H3,(H,28,30);10-12H,5-9H2,1-4H3,(H,16,18). The zero-order valence-corrected chi connectivity index (χ0v) is 32.5. The van der Waals surface area contributed by atoms with Crippen LogP contribution in [0.3, 0.4) is 0 Å². The third-order valence-corrected chi connectivity index (χ3v) is 10.7. The topological polar surface area (TPSA) is 136 Å². The number of alkyl halides is 1. The Hall–Kier alpha value is -3.51. The number of alkyl carbamates (subject to hydrolysis) is 1. The van der Waals surface area contributed by atoms with E-state index in [9.17, 15) is 23.6 Å². The molecule has 2 aromatic rings. The number of anilines is 1. The lowest BCUT2D eigenvalue weighted by Gasteiger charge is -2.32. The van der Waals surface area contributed by atoms with Crippen molar-refractivity contribution in [3.63, 3.8) is 0 Å². The summed E-state index contributed by atoms with van der Waals surface area (Å²) in [5, 5.41) is 6.42. The molecule has 296 valence electrons. The first-order valence-corrected chi connectivity index (χ1v) is 19.7. The van der Waals surface area contributed by atoms with Crippen molar-refractivity contribution in [3.8, 4) is 0 Å². The van der Waals surface area contributed by atoms with Crippen molar-refractivity contribution < 1.29 is 42.2 Å². The largest absolute Gasteiger partial charge is 0.460 e. The Morgan fingerprint density at radius 1 is 1.04 bits per heavy atom. The number of halogens is 1. The molecule has 1 aromatic carbocycles. The minimum absolute atomic E-state index is 0.0294. The number of aldehydes is 1. The molecule has 11 nitrogen and oxygen atoms in total. The number of likely N-dealkylation sites (N-methyl/N-ethyl adjacent to an activating group) is 1. The maximum Gasteiger partial charge on any atom is 0.407 e. The van der Waals surface area contributed by atoms with Crippen LogP contribution in [0.15, 0.2) is 28.7 Å². The first kappa shape index (κ1) is 42.2. The third-order valence-electron chi connectivity index (χ3n) is 10.7. The number of carbonyl (C=O) groups is 4. The molecule has 4 unspecified atom stereocenters. The van der Waals surface area contributed by atoms with E-state index in [4.69, 9.17) is 18.6 Å². The molecule has 2 amide bonds. The highest BCUT2D eigenvalue weighted by Gasteiger charge is 2.41. The second-order valence-corrected chi connectivity index (χ2v) is 16.0. The lowest BCUT2D eigenvalue weighted by molar-refractivity contribution is -0.121. The lowest BCUT2D eigenvalue weighted by Crippen LogP contribution is -2.43. The molecule has 0 bridgehead atoms. The van der Waals surface area contributed by atoms with Crippen LogP contribution < -0.4 is 10.6 Å². The van der Waals surface area contributed by atoms with Crippen molar-refractivity contribution in [1.82, 2.24) is 10.2 Å². The van der Waals surface area contributed by atoms with Gasteiger partial charge in [0.25, 0.3) is 0 Å². The Labute approximate surface area is 314 Å². The monoisotopic (exact) mass is 743 g/mol. The van der Waals surface area contributed by atoms with Gasteiger partial charge in [-0.1, -0.05) is 45.4 Å². The Morgan fingerprint density at radius 3 is 2.43 bits per heavy atom. The Bertz CT molecular complexity index is 1460. The first-order valence-electron chi connectivity index (χ1n) is 19.7. The summed E-state index contributed by atoms with van der Waals surface area (Å²) in [6, 6.07) is 6.58. The molecule has 3 fully saturated rings. The fraction of sp³-hybridized carbons (Fsp3) is 0.707. The van der Waals surface area contributed by atoms with Crippen LogP contribution in [0.25, 0.3) is 11.0 Å². The van der Waals surface area contributed by atoms with E-state index in [0.717, 1.165) is 69.2 Å². The number of hydrogen-bond acceptors (Lipinski definition) is 9. The van der Waals surface area contributed by atoms with Gasteiger partial charge in [0.1, 0.15) is 24.1 Å². The van der Waals surface area contributed by atoms with E-state index >= 15 is 0 Å². The number of fused-ring (bicyclic) bond motifs is 1. The van der Waals surface area contributed by atoms with Gasteiger partial charge in [0.2, 0.25) is 11.7 Å². The molecule has 2 saturated heterocycles. The van der Waals surface area contributed by atoms with Crippen molar-refractivity contribution in [1.29, 1.82) is 0 Å². The molecule has 3 aliphatic rings. The highest BCUT2D eigenvalue weighted by atomic mass is 19.1. The molecule has 4 atom stereocenters. The molecule has 2 N–H and O–H groups in total. The van der Waals surface area contributed by atoms with Crippen molar-refractivity contribution in [2.45, 2.75) is 122 Å². The van der Waals surface area contributed by atoms with Crippen LogP contribution in [-0.4, -0.2) is 86.9 Å². The summed E-state index contributed by atoms with van der Waals surface area (Å²) in [5.41, 5.74) is 0.743. The molecular weight excluding hydrogens is 681 g/mol. The van der Waals surface area contributed by atoms with E-state index in [2.05, 4.69) is 22.6 Å². The minimum atomic E-state index is -0.628. The highest BCUT2D eigenvalue weighted by Crippen LogP contribution is 2.39. The molecule has 0 radical (unpaired) electrons. The second-order valence-electron chi connectivity index (χ2n) is 16.0. The highest BCUT2D eigenvalue weighted by molar-refractivity contribution is 5.98. The normalized spacial score (nSPS) is 21.2.